The van der Waals surface area contributed by atoms with E-state index in [0.29, 0.717) is 24.5 Å². The molecule has 0 aromatic carbocycles. The minimum Gasteiger partial charge on any atom is -0.398 e. The Morgan fingerprint density at radius 1 is 1.11 bits per heavy atom. The molecule has 2 aliphatic heterocycles. The molecular formula is C19H27BF4N2O2. The van der Waals surface area contributed by atoms with Crippen molar-refractivity contribution >= 4 is 12.7 Å². The third-order valence-corrected chi connectivity index (χ3v) is 5.88. The average Bonchev–Trinajstić information content (AvgIpc) is 3.02. The standard InChI is InChI=1S/C19H27BF4N2O2/c1-11(2)16-25-14(12-9-7-8-10-26(12)16)13(19(22,23)24)15(21)20-27-17(3,4)18(5,6)28-20/h11H,7-10H2,1-6H3. The van der Waals surface area contributed by atoms with Crippen LogP contribution in [-0.2, 0) is 22.3 Å². The van der Waals surface area contributed by atoms with E-state index in [0.717, 1.165) is 12.8 Å². The van der Waals surface area contributed by atoms with E-state index in [2.05, 4.69) is 4.98 Å². The molecule has 1 aromatic heterocycles. The Hall–Kier alpha value is -1.35. The van der Waals surface area contributed by atoms with E-state index in [1.54, 1.807) is 27.7 Å². The smallest absolute Gasteiger partial charge is 0.398 e. The van der Waals surface area contributed by atoms with E-state index < -0.39 is 35.8 Å². The Balaban J connectivity index is 2.17. The van der Waals surface area contributed by atoms with E-state index in [1.807, 2.05) is 18.4 Å². The molecule has 3 heterocycles. The van der Waals surface area contributed by atoms with E-state index in [9.17, 15) is 13.2 Å². The monoisotopic (exact) mass is 402 g/mol. The summed E-state index contributed by atoms with van der Waals surface area (Å²) < 4.78 is 70.2. The number of nitrogens with zero attached hydrogens (tertiary/aromatic N) is 2. The van der Waals surface area contributed by atoms with E-state index in [1.165, 1.54) is 0 Å². The van der Waals surface area contributed by atoms with Crippen LogP contribution in [0.4, 0.5) is 17.6 Å². The molecule has 0 bridgehead atoms. The van der Waals surface area contributed by atoms with Crippen molar-refractivity contribution in [2.24, 2.45) is 0 Å². The fourth-order valence-electron chi connectivity index (χ4n) is 3.66. The van der Waals surface area contributed by atoms with Gasteiger partial charge in [-0.05, 0) is 47.0 Å². The molecule has 0 amide bonds. The first-order valence-corrected chi connectivity index (χ1v) is 9.68. The Morgan fingerprint density at radius 3 is 2.18 bits per heavy atom. The molecule has 4 nitrogen and oxygen atoms in total. The van der Waals surface area contributed by atoms with Crippen LogP contribution in [0, 0.1) is 0 Å². The van der Waals surface area contributed by atoms with Gasteiger partial charge in [0.25, 0.3) is 0 Å². The normalized spacial score (nSPS) is 22.5. The van der Waals surface area contributed by atoms with E-state index >= 15 is 4.39 Å². The lowest BCUT2D eigenvalue weighted by molar-refractivity contribution is -0.0702. The summed E-state index contributed by atoms with van der Waals surface area (Å²) in [4.78, 5) is 4.26. The first-order valence-electron chi connectivity index (χ1n) is 9.68. The van der Waals surface area contributed by atoms with Crippen molar-refractivity contribution in [3.8, 4) is 0 Å². The number of aromatic nitrogens is 2. The van der Waals surface area contributed by atoms with Gasteiger partial charge in [0, 0.05) is 18.2 Å². The number of hydrogen-bond acceptors (Lipinski definition) is 3. The molecule has 0 radical (unpaired) electrons. The summed E-state index contributed by atoms with van der Waals surface area (Å²) in [5.74, 6) is 0.480. The maximum Gasteiger partial charge on any atom is 0.525 e. The second-order valence-corrected chi connectivity index (χ2v) is 8.84. The van der Waals surface area contributed by atoms with Crippen LogP contribution >= 0.6 is 0 Å². The van der Waals surface area contributed by atoms with Crippen LogP contribution in [-0.4, -0.2) is 34.0 Å². The van der Waals surface area contributed by atoms with Crippen molar-refractivity contribution in [2.45, 2.75) is 90.6 Å². The number of fused-ring (bicyclic) bond motifs is 1. The molecule has 0 saturated carbocycles. The zero-order chi connectivity index (χ0) is 21.1. The van der Waals surface area contributed by atoms with Gasteiger partial charge in [0.1, 0.15) is 17.1 Å². The molecule has 1 aromatic rings. The zero-order valence-corrected chi connectivity index (χ0v) is 17.2. The minimum atomic E-state index is -4.92. The second kappa shape index (κ2) is 6.87. The van der Waals surface area contributed by atoms with Crippen molar-refractivity contribution in [3.05, 3.63) is 22.9 Å². The van der Waals surface area contributed by atoms with Crippen molar-refractivity contribution in [1.29, 1.82) is 0 Å². The van der Waals surface area contributed by atoms with Gasteiger partial charge in [-0.15, -0.1) is 0 Å². The van der Waals surface area contributed by atoms with Gasteiger partial charge < -0.3 is 13.9 Å². The van der Waals surface area contributed by atoms with Gasteiger partial charge >= 0.3 is 13.3 Å². The van der Waals surface area contributed by atoms with Gasteiger partial charge in [-0.2, -0.15) is 13.2 Å². The number of allylic oxidation sites excluding steroid dienone is 1. The van der Waals surface area contributed by atoms with Gasteiger partial charge in [-0.25, -0.2) is 9.37 Å². The number of alkyl halides is 3. The van der Waals surface area contributed by atoms with Gasteiger partial charge in [-0.1, -0.05) is 13.8 Å². The number of halogens is 4. The predicted octanol–water partition coefficient (Wildman–Crippen LogP) is 5.22. The Labute approximate surface area is 163 Å². The summed E-state index contributed by atoms with van der Waals surface area (Å²) in [5, 5.41) is 0. The summed E-state index contributed by atoms with van der Waals surface area (Å²) in [6, 6.07) is 0. The first kappa shape index (κ1) is 21.4. The summed E-state index contributed by atoms with van der Waals surface area (Å²) in [7, 11) is -1.72. The van der Waals surface area contributed by atoms with Gasteiger partial charge in [0.05, 0.1) is 16.9 Å². The molecule has 1 saturated heterocycles. The van der Waals surface area contributed by atoms with Crippen molar-refractivity contribution < 1.29 is 26.9 Å². The number of imidazole rings is 1. The van der Waals surface area contributed by atoms with Gasteiger partial charge in [-0.3, -0.25) is 0 Å². The summed E-state index contributed by atoms with van der Waals surface area (Å²) >= 11 is 0. The van der Waals surface area contributed by atoms with Gasteiger partial charge in [0.2, 0.25) is 0 Å². The maximum absolute atomic E-state index is 15.3. The molecule has 28 heavy (non-hydrogen) atoms. The average molecular weight is 402 g/mol. The quantitative estimate of drug-likeness (QED) is 0.514. The van der Waals surface area contributed by atoms with Crippen molar-refractivity contribution in [3.63, 3.8) is 0 Å². The van der Waals surface area contributed by atoms with Crippen LogP contribution in [0.5, 0.6) is 0 Å². The molecule has 0 atom stereocenters. The second-order valence-electron chi connectivity index (χ2n) is 8.84. The fourth-order valence-corrected chi connectivity index (χ4v) is 3.66. The Kier molecular flexibility index (Phi) is 5.24. The molecular weight excluding hydrogens is 375 g/mol. The van der Waals surface area contributed by atoms with Crippen molar-refractivity contribution in [2.75, 3.05) is 0 Å². The number of hydrogen-bond donors (Lipinski definition) is 0. The lowest BCUT2D eigenvalue weighted by Crippen LogP contribution is -2.41. The zero-order valence-electron chi connectivity index (χ0n) is 17.2. The highest BCUT2D eigenvalue weighted by atomic mass is 19.4. The first-order chi connectivity index (χ1) is 12.8. The third-order valence-electron chi connectivity index (χ3n) is 5.88. The predicted molar refractivity (Wildman–Crippen MR) is 99.4 cm³/mol. The highest BCUT2D eigenvalue weighted by Gasteiger charge is 2.56. The van der Waals surface area contributed by atoms with Crippen LogP contribution in [0.1, 0.15) is 77.5 Å². The molecule has 0 aliphatic carbocycles. The topological polar surface area (TPSA) is 36.3 Å². The molecule has 0 spiro atoms. The van der Waals surface area contributed by atoms with Crippen LogP contribution in [0.15, 0.2) is 5.73 Å². The van der Waals surface area contributed by atoms with Crippen molar-refractivity contribution in [1.82, 2.24) is 9.55 Å². The summed E-state index contributed by atoms with van der Waals surface area (Å²) in [6.07, 6.45) is -2.87. The largest absolute Gasteiger partial charge is 0.525 e. The third kappa shape index (κ3) is 3.51. The van der Waals surface area contributed by atoms with Crippen LogP contribution in [0.2, 0.25) is 0 Å². The lowest BCUT2D eigenvalue weighted by atomic mass is 9.83. The molecule has 2 aliphatic rings. The van der Waals surface area contributed by atoms with Crippen LogP contribution < -0.4 is 0 Å². The number of rotatable bonds is 3. The molecule has 0 N–H and O–H groups in total. The van der Waals surface area contributed by atoms with Gasteiger partial charge in [0.15, 0.2) is 0 Å². The van der Waals surface area contributed by atoms with E-state index in [4.69, 9.17) is 9.31 Å². The Bertz CT molecular complexity index is 781. The summed E-state index contributed by atoms with van der Waals surface area (Å²) in [6.45, 7) is 11.0. The molecule has 9 heteroatoms. The highest BCUT2D eigenvalue weighted by molar-refractivity contribution is 6.55. The molecule has 0 unspecified atom stereocenters. The summed E-state index contributed by atoms with van der Waals surface area (Å²) in [5.41, 5.74) is -4.63. The maximum atomic E-state index is 15.3. The molecule has 3 rings (SSSR count). The van der Waals surface area contributed by atoms with Crippen LogP contribution in [0.3, 0.4) is 0 Å². The molecule has 156 valence electrons. The minimum absolute atomic E-state index is 0.0695. The fraction of sp³-hybridized carbons (Fsp3) is 0.737. The highest BCUT2D eigenvalue weighted by Crippen LogP contribution is 2.45. The Morgan fingerprint density at radius 2 is 1.68 bits per heavy atom. The lowest BCUT2D eigenvalue weighted by Gasteiger charge is -2.32. The van der Waals surface area contributed by atoms with E-state index in [-0.39, 0.29) is 11.6 Å². The molecule has 1 fully saturated rings. The van der Waals surface area contributed by atoms with Crippen LogP contribution in [0.25, 0.3) is 5.57 Å². The SMILES string of the molecule is CC(C)c1nc(C(=C(F)B2OC(C)(C)C(C)(C)O2)C(F)(F)F)c2n1CCCC2.